The van der Waals surface area contributed by atoms with Crippen LogP contribution in [0, 0.1) is 0 Å². The molecule has 0 atom stereocenters. The maximum absolute atomic E-state index is 11.9. The molecule has 1 aromatic carbocycles. The number of ether oxygens (including phenoxy) is 1. The third kappa shape index (κ3) is 4.90. The van der Waals surface area contributed by atoms with E-state index in [9.17, 15) is 18.0 Å². The minimum Gasteiger partial charge on any atom is -0.406 e. The van der Waals surface area contributed by atoms with Gasteiger partial charge in [0.1, 0.15) is 5.75 Å². The molecule has 3 nitrogen and oxygen atoms in total. The molecule has 0 aliphatic rings. The van der Waals surface area contributed by atoms with E-state index in [2.05, 4.69) is 4.74 Å². The second-order valence-electron chi connectivity index (χ2n) is 3.68. The number of carbonyl (C=O) groups excluding carboxylic acids is 1. The molecular weight excluding hydrogens is 247 g/mol. The van der Waals surface area contributed by atoms with Gasteiger partial charge in [0.2, 0.25) is 5.91 Å². The molecule has 0 aromatic heterocycles. The molecule has 0 radical (unpaired) electrons. The summed E-state index contributed by atoms with van der Waals surface area (Å²) >= 11 is 0. The van der Waals surface area contributed by atoms with Crippen LogP contribution < -0.4 is 4.74 Å². The highest BCUT2D eigenvalue weighted by Gasteiger charge is 2.30. The highest BCUT2D eigenvalue weighted by Crippen LogP contribution is 2.22. The van der Waals surface area contributed by atoms with Crippen molar-refractivity contribution in [3.63, 3.8) is 0 Å². The Labute approximate surface area is 102 Å². The van der Waals surface area contributed by atoms with E-state index in [1.54, 1.807) is 14.1 Å². The van der Waals surface area contributed by atoms with Gasteiger partial charge in [0, 0.05) is 20.2 Å². The number of rotatable bonds is 3. The molecule has 0 N–H and O–H groups in total. The molecule has 18 heavy (non-hydrogen) atoms. The van der Waals surface area contributed by atoms with Gasteiger partial charge in [-0.05, 0) is 23.8 Å². The Morgan fingerprint density at radius 3 is 2.22 bits per heavy atom. The van der Waals surface area contributed by atoms with Crippen molar-refractivity contribution in [2.24, 2.45) is 0 Å². The number of hydrogen-bond acceptors (Lipinski definition) is 2. The summed E-state index contributed by atoms with van der Waals surface area (Å²) in [6.07, 6.45) is -1.85. The third-order valence-corrected chi connectivity index (χ3v) is 1.97. The summed E-state index contributed by atoms with van der Waals surface area (Å²) in [5, 5.41) is 0. The van der Waals surface area contributed by atoms with Gasteiger partial charge in [-0.15, -0.1) is 13.2 Å². The van der Waals surface area contributed by atoms with Crippen LogP contribution in [0.15, 0.2) is 30.3 Å². The molecule has 1 rings (SSSR count). The zero-order valence-corrected chi connectivity index (χ0v) is 9.86. The summed E-state index contributed by atoms with van der Waals surface area (Å²) in [7, 11) is 3.21. The van der Waals surface area contributed by atoms with Crippen LogP contribution in [-0.2, 0) is 4.79 Å². The quantitative estimate of drug-likeness (QED) is 0.781. The van der Waals surface area contributed by atoms with Crippen LogP contribution in [-0.4, -0.2) is 31.3 Å². The fourth-order valence-corrected chi connectivity index (χ4v) is 1.10. The molecule has 6 heteroatoms. The number of alkyl halides is 3. The highest BCUT2D eigenvalue weighted by molar-refractivity contribution is 5.91. The second-order valence-corrected chi connectivity index (χ2v) is 3.68. The monoisotopic (exact) mass is 259 g/mol. The van der Waals surface area contributed by atoms with Crippen molar-refractivity contribution in [2.45, 2.75) is 6.36 Å². The normalized spacial score (nSPS) is 11.6. The zero-order chi connectivity index (χ0) is 13.8. The summed E-state index contributed by atoms with van der Waals surface area (Å²) in [6.45, 7) is 0. The van der Waals surface area contributed by atoms with Gasteiger partial charge in [-0.3, -0.25) is 4.79 Å². The summed E-state index contributed by atoms with van der Waals surface area (Å²) in [4.78, 5) is 12.6. The van der Waals surface area contributed by atoms with Gasteiger partial charge in [0.05, 0.1) is 0 Å². The topological polar surface area (TPSA) is 29.5 Å². The number of nitrogens with zero attached hydrogens (tertiary/aromatic N) is 1. The van der Waals surface area contributed by atoms with E-state index in [1.165, 1.54) is 41.3 Å². The van der Waals surface area contributed by atoms with Crippen LogP contribution in [0.25, 0.3) is 6.08 Å². The first-order valence-corrected chi connectivity index (χ1v) is 5.03. The Bertz CT molecular complexity index is 436. The third-order valence-electron chi connectivity index (χ3n) is 1.97. The van der Waals surface area contributed by atoms with E-state index in [4.69, 9.17) is 0 Å². The molecular formula is C12H12F3NO2. The first-order valence-electron chi connectivity index (χ1n) is 5.03. The molecule has 0 spiro atoms. The van der Waals surface area contributed by atoms with Crippen molar-refractivity contribution in [3.05, 3.63) is 35.9 Å². The largest absolute Gasteiger partial charge is 0.573 e. The van der Waals surface area contributed by atoms with Crippen LogP contribution >= 0.6 is 0 Å². The fraction of sp³-hybridized carbons (Fsp3) is 0.250. The molecule has 0 bridgehead atoms. The van der Waals surface area contributed by atoms with E-state index in [0.717, 1.165) is 0 Å². The van der Waals surface area contributed by atoms with Gasteiger partial charge < -0.3 is 9.64 Å². The van der Waals surface area contributed by atoms with Gasteiger partial charge in [0.15, 0.2) is 0 Å². The summed E-state index contributed by atoms with van der Waals surface area (Å²) in [5.41, 5.74) is 0.611. The van der Waals surface area contributed by atoms with Crippen molar-refractivity contribution >= 4 is 12.0 Å². The Morgan fingerprint density at radius 2 is 1.78 bits per heavy atom. The van der Waals surface area contributed by atoms with E-state index < -0.39 is 6.36 Å². The first kappa shape index (κ1) is 14.1. The molecule has 1 aromatic rings. The number of benzene rings is 1. The average Bonchev–Trinajstić information content (AvgIpc) is 2.25. The lowest BCUT2D eigenvalue weighted by molar-refractivity contribution is -0.274. The average molecular weight is 259 g/mol. The predicted molar refractivity (Wildman–Crippen MR) is 60.9 cm³/mol. The van der Waals surface area contributed by atoms with Gasteiger partial charge in [-0.2, -0.15) is 0 Å². The number of likely N-dealkylation sites (N-methyl/N-ethyl adjacent to an activating group) is 1. The maximum atomic E-state index is 11.9. The van der Waals surface area contributed by atoms with Crippen LogP contribution in [0.5, 0.6) is 5.75 Å². The Kier molecular flexibility index (Phi) is 4.36. The fourth-order valence-electron chi connectivity index (χ4n) is 1.10. The highest BCUT2D eigenvalue weighted by atomic mass is 19.4. The summed E-state index contributed by atoms with van der Waals surface area (Å²) < 4.78 is 39.4. The lowest BCUT2D eigenvalue weighted by atomic mass is 10.2. The van der Waals surface area contributed by atoms with Crippen LogP contribution in [0.1, 0.15) is 5.56 Å². The lowest BCUT2D eigenvalue weighted by Crippen LogP contribution is -2.18. The Hall–Kier alpha value is -1.98. The molecule has 0 unspecified atom stereocenters. The van der Waals surface area contributed by atoms with Crippen LogP contribution in [0.3, 0.4) is 0 Å². The zero-order valence-electron chi connectivity index (χ0n) is 9.86. The van der Waals surface area contributed by atoms with E-state index in [-0.39, 0.29) is 11.7 Å². The lowest BCUT2D eigenvalue weighted by Gasteiger charge is -2.08. The Morgan fingerprint density at radius 1 is 1.22 bits per heavy atom. The molecule has 0 aliphatic heterocycles. The van der Waals surface area contributed by atoms with Gasteiger partial charge in [-0.1, -0.05) is 12.1 Å². The minimum absolute atomic E-state index is 0.203. The predicted octanol–water partition coefficient (Wildman–Crippen LogP) is 2.69. The molecule has 0 saturated heterocycles. The maximum Gasteiger partial charge on any atom is 0.573 e. The van der Waals surface area contributed by atoms with E-state index >= 15 is 0 Å². The van der Waals surface area contributed by atoms with Crippen molar-refractivity contribution in [2.75, 3.05) is 14.1 Å². The van der Waals surface area contributed by atoms with Crippen molar-refractivity contribution in [3.8, 4) is 5.75 Å². The first-order chi connectivity index (χ1) is 8.28. The SMILES string of the molecule is CN(C)C(=O)C=Cc1ccc(OC(F)(F)F)cc1. The van der Waals surface area contributed by atoms with Gasteiger partial charge >= 0.3 is 6.36 Å². The Balaban J connectivity index is 2.69. The van der Waals surface area contributed by atoms with Crippen LogP contribution in [0.4, 0.5) is 13.2 Å². The van der Waals surface area contributed by atoms with E-state index in [0.29, 0.717) is 5.56 Å². The number of amides is 1. The minimum atomic E-state index is -4.70. The van der Waals surface area contributed by atoms with Crippen molar-refractivity contribution in [1.82, 2.24) is 4.90 Å². The molecule has 1 amide bonds. The second kappa shape index (κ2) is 5.57. The van der Waals surface area contributed by atoms with Gasteiger partial charge in [0.25, 0.3) is 0 Å². The molecule has 98 valence electrons. The van der Waals surface area contributed by atoms with Crippen molar-refractivity contribution in [1.29, 1.82) is 0 Å². The summed E-state index contributed by atoms with van der Waals surface area (Å²) in [6, 6.07) is 5.24. The van der Waals surface area contributed by atoms with E-state index in [1.807, 2.05) is 0 Å². The number of halogens is 3. The number of hydrogen-bond donors (Lipinski definition) is 0. The van der Waals surface area contributed by atoms with Crippen LogP contribution in [0.2, 0.25) is 0 Å². The molecule has 0 aliphatic carbocycles. The standard InChI is InChI=1S/C12H12F3NO2/c1-16(2)11(17)8-5-9-3-6-10(7-4-9)18-12(13,14)15/h3-8H,1-2H3. The molecule has 0 saturated carbocycles. The molecule has 0 heterocycles. The summed E-state index contributed by atoms with van der Waals surface area (Å²) in [5.74, 6) is -0.496. The number of carbonyl (C=O) groups is 1. The molecule has 0 fully saturated rings. The smallest absolute Gasteiger partial charge is 0.406 e. The van der Waals surface area contributed by atoms with Gasteiger partial charge in [-0.25, -0.2) is 0 Å². The van der Waals surface area contributed by atoms with Crippen molar-refractivity contribution < 1.29 is 22.7 Å².